The zero-order chi connectivity index (χ0) is 12.2. The highest BCUT2D eigenvalue weighted by Crippen LogP contribution is 2.42. The van der Waals surface area contributed by atoms with E-state index >= 15 is 0 Å². The van der Waals surface area contributed by atoms with Crippen LogP contribution in [0.4, 0.5) is 13.2 Å². The predicted octanol–water partition coefficient (Wildman–Crippen LogP) is 3.59. The molecular formula is C11H20F3NS. The van der Waals surface area contributed by atoms with Crippen molar-refractivity contribution in [1.29, 1.82) is 0 Å². The third kappa shape index (κ3) is 4.17. The van der Waals surface area contributed by atoms with Crippen molar-refractivity contribution in [2.24, 2.45) is 0 Å². The van der Waals surface area contributed by atoms with Crippen LogP contribution in [0.1, 0.15) is 39.5 Å². The van der Waals surface area contributed by atoms with Crippen molar-refractivity contribution in [3.05, 3.63) is 0 Å². The molecule has 2 unspecified atom stereocenters. The van der Waals surface area contributed by atoms with Gasteiger partial charge in [0.05, 0.1) is 0 Å². The van der Waals surface area contributed by atoms with Gasteiger partial charge in [0.1, 0.15) is 0 Å². The van der Waals surface area contributed by atoms with Gasteiger partial charge in [-0.1, -0.05) is 6.92 Å². The highest BCUT2D eigenvalue weighted by atomic mass is 32.2. The molecule has 0 radical (unpaired) electrons. The molecule has 0 bridgehead atoms. The smallest absolute Gasteiger partial charge is 0.313 e. The van der Waals surface area contributed by atoms with E-state index < -0.39 is 12.6 Å². The van der Waals surface area contributed by atoms with Crippen LogP contribution in [0.5, 0.6) is 0 Å². The van der Waals surface area contributed by atoms with Gasteiger partial charge in [0.15, 0.2) is 0 Å². The van der Waals surface area contributed by atoms with Gasteiger partial charge in [-0.2, -0.15) is 24.9 Å². The van der Waals surface area contributed by atoms with Crippen LogP contribution >= 0.6 is 11.8 Å². The molecule has 1 nitrogen and oxygen atoms in total. The summed E-state index contributed by atoms with van der Waals surface area (Å²) >= 11 is 1.81. The Hall–Kier alpha value is 0.100. The summed E-state index contributed by atoms with van der Waals surface area (Å²) in [6.45, 7) is 4.77. The molecule has 16 heavy (non-hydrogen) atoms. The Balaban J connectivity index is 2.53. The van der Waals surface area contributed by atoms with Gasteiger partial charge in [0, 0.05) is 17.2 Å². The minimum absolute atomic E-state index is 0.0126. The Morgan fingerprint density at radius 1 is 1.44 bits per heavy atom. The van der Waals surface area contributed by atoms with E-state index in [1.807, 2.05) is 18.7 Å². The maximum atomic E-state index is 12.2. The summed E-state index contributed by atoms with van der Waals surface area (Å²) in [6, 6.07) is -0.0216. The SMILES string of the molecule is CCNC(CCC(F)(F)F)C1(C)CCCS1. The predicted molar refractivity (Wildman–Crippen MR) is 62.9 cm³/mol. The van der Waals surface area contributed by atoms with Crippen molar-refractivity contribution < 1.29 is 13.2 Å². The molecule has 1 rings (SSSR count). The third-order valence-electron chi connectivity index (χ3n) is 3.15. The fraction of sp³-hybridized carbons (Fsp3) is 1.00. The van der Waals surface area contributed by atoms with E-state index in [0.29, 0.717) is 0 Å². The lowest BCUT2D eigenvalue weighted by Gasteiger charge is -2.34. The number of alkyl halides is 3. The molecular weight excluding hydrogens is 235 g/mol. The Morgan fingerprint density at radius 2 is 2.12 bits per heavy atom. The third-order valence-corrected chi connectivity index (χ3v) is 4.79. The van der Waals surface area contributed by atoms with Crippen LogP contribution in [0.25, 0.3) is 0 Å². The van der Waals surface area contributed by atoms with Gasteiger partial charge in [-0.05, 0) is 38.5 Å². The lowest BCUT2D eigenvalue weighted by Crippen LogP contribution is -2.45. The van der Waals surface area contributed by atoms with E-state index in [1.54, 1.807) is 0 Å². The molecule has 0 aromatic heterocycles. The fourth-order valence-electron chi connectivity index (χ4n) is 2.25. The Labute approximate surface area is 99.6 Å². The second-order valence-corrected chi connectivity index (χ2v) is 6.16. The molecule has 1 aliphatic heterocycles. The van der Waals surface area contributed by atoms with E-state index in [0.717, 1.165) is 25.1 Å². The van der Waals surface area contributed by atoms with Crippen LogP contribution in [0.2, 0.25) is 0 Å². The summed E-state index contributed by atoms with van der Waals surface area (Å²) in [5.74, 6) is 1.07. The van der Waals surface area contributed by atoms with Gasteiger partial charge < -0.3 is 5.32 Å². The summed E-state index contributed by atoms with van der Waals surface area (Å²) in [4.78, 5) is 0. The quantitative estimate of drug-likeness (QED) is 0.805. The van der Waals surface area contributed by atoms with Gasteiger partial charge >= 0.3 is 6.18 Å². The molecule has 0 aliphatic carbocycles. The normalized spacial score (nSPS) is 28.3. The van der Waals surface area contributed by atoms with Crippen molar-refractivity contribution in [2.75, 3.05) is 12.3 Å². The zero-order valence-electron chi connectivity index (χ0n) is 9.86. The van der Waals surface area contributed by atoms with Crippen molar-refractivity contribution in [1.82, 2.24) is 5.32 Å². The lowest BCUT2D eigenvalue weighted by atomic mass is 9.92. The Kier molecular flexibility index (Phi) is 4.98. The average molecular weight is 255 g/mol. The van der Waals surface area contributed by atoms with Crippen LogP contribution in [0.3, 0.4) is 0 Å². The van der Waals surface area contributed by atoms with Crippen LogP contribution < -0.4 is 5.32 Å². The number of hydrogen-bond acceptors (Lipinski definition) is 2. The molecule has 1 N–H and O–H groups in total. The van der Waals surface area contributed by atoms with E-state index in [2.05, 4.69) is 12.2 Å². The van der Waals surface area contributed by atoms with E-state index in [-0.39, 0.29) is 17.2 Å². The first-order valence-corrected chi connectivity index (χ1v) is 6.80. The largest absolute Gasteiger partial charge is 0.389 e. The molecule has 0 aromatic rings. The van der Waals surface area contributed by atoms with Crippen molar-refractivity contribution in [3.8, 4) is 0 Å². The molecule has 0 amide bonds. The highest BCUT2D eigenvalue weighted by molar-refractivity contribution is 8.00. The Bertz CT molecular complexity index is 212. The molecule has 1 fully saturated rings. The van der Waals surface area contributed by atoms with Crippen molar-refractivity contribution in [3.63, 3.8) is 0 Å². The first-order chi connectivity index (χ1) is 7.37. The summed E-state index contributed by atoms with van der Waals surface area (Å²) < 4.78 is 36.7. The first kappa shape index (κ1) is 14.2. The van der Waals surface area contributed by atoms with Gasteiger partial charge in [-0.3, -0.25) is 0 Å². The van der Waals surface area contributed by atoms with Gasteiger partial charge in [0.25, 0.3) is 0 Å². The summed E-state index contributed by atoms with van der Waals surface area (Å²) in [5.41, 5.74) is 0. The van der Waals surface area contributed by atoms with Crippen LogP contribution in [-0.4, -0.2) is 29.3 Å². The lowest BCUT2D eigenvalue weighted by molar-refractivity contribution is -0.137. The molecule has 1 heterocycles. The molecule has 5 heteroatoms. The van der Waals surface area contributed by atoms with Gasteiger partial charge in [-0.25, -0.2) is 0 Å². The number of nitrogens with one attached hydrogen (secondary N) is 1. The van der Waals surface area contributed by atoms with Crippen LogP contribution in [0, 0.1) is 0 Å². The number of halogens is 3. The fourth-order valence-corrected chi connectivity index (χ4v) is 3.70. The molecule has 96 valence electrons. The number of rotatable bonds is 5. The van der Waals surface area contributed by atoms with Gasteiger partial charge in [0.2, 0.25) is 0 Å². The zero-order valence-corrected chi connectivity index (χ0v) is 10.7. The summed E-state index contributed by atoms with van der Waals surface area (Å²) in [7, 11) is 0. The van der Waals surface area contributed by atoms with Crippen molar-refractivity contribution >= 4 is 11.8 Å². The molecule has 1 saturated heterocycles. The van der Waals surface area contributed by atoms with E-state index in [1.165, 1.54) is 0 Å². The number of thioether (sulfide) groups is 1. The van der Waals surface area contributed by atoms with Crippen LogP contribution in [-0.2, 0) is 0 Å². The second kappa shape index (κ2) is 5.63. The maximum absolute atomic E-state index is 12.2. The molecule has 0 aromatic carbocycles. The van der Waals surface area contributed by atoms with E-state index in [9.17, 15) is 13.2 Å². The monoisotopic (exact) mass is 255 g/mol. The average Bonchev–Trinajstić information content (AvgIpc) is 2.59. The maximum Gasteiger partial charge on any atom is 0.389 e. The minimum atomic E-state index is -4.03. The summed E-state index contributed by atoms with van der Waals surface area (Å²) in [5, 5.41) is 3.22. The highest BCUT2D eigenvalue weighted by Gasteiger charge is 2.39. The topological polar surface area (TPSA) is 12.0 Å². The van der Waals surface area contributed by atoms with E-state index in [4.69, 9.17) is 0 Å². The summed E-state index contributed by atoms with van der Waals surface area (Å²) in [6.07, 6.45) is -2.38. The second-order valence-electron chi connectivity index (χ2n) is 4.53. The molecule has 0 spiro atoms. The Morgan fingerprint density at radius 3 is 2.56 bits per heavy atom. The number of hydrogen-bond donors (Lipinski definition) is 1. The standard InChI is InChI=1S/C11H20F3NS/c1-3-15-9(5-7-11(12,13)14)10(2)6-4-8-16-10/h9,15H,3-8H2,1-2H3. The first-order valence-electron chi connectivity index (χ1n) is 5.81. The van der Waals surface area contributed by atoms with Crippen LogP contribution in [0.15, 0.2) is 0 Å². The van der Waals surface area contributed by atoms with Gasteiger partial charge in [-0.15, -0.1) is 0 Å². The minimum Gasteiger partial charge on any atom is -0.313 e. The molecule has 1 aliphatic rings. The van der Waals surface area contributed by atoms with Crippen molar-refractivity contribution in [2.45, 2.75) is 56.5 Å². The molecule has 2 atom stereocenters. The molecule has 0 saturated carbocycles.